The van der Waals surface area contributed by atoms with Crippen LogP contribution in [-0.4, -0.2) is 167 Å². The third-order valence-electron chi connectivity index (χ3n) is 7.18. The van der Waals surface area contributed by atoms with Crippen molar-refractivity contribution in [2.24, 2.45) is 0 Å². The standard InChI is InChI=1S/3C8H18O6.C4H9.Sn.H/c3*1-3-5-7(11,12)8(13,14)6(9,10)4-2;1-3-4-2;;/h3*9-14H,3-5H2,1-2H3;1,3-4H2,2H3;;. The Bertz CT molecular complexity index is 711. The van der Waals surface area contributed by atoms with Gasteiger partial charge < -0.3 is 91.9 Å². The second-order valence-corrected chi connectivity index (χ2v) is 13.0. The van der Waals surface area contributed by atoms with Gasteiger partial charge in [0.1, 0.15) is 0 Å². The van der Waals surface area contributed by atoms with Gasteiger partial charge in [-0.3, -0.25) is 0 Å². The van der Waals surface area contributed by atoms with E-state index in [1.165, 1.54) is 60.6 Å². The number of aliphatic hydroxyl groups is 18. The molecule has 0 aliphatic heterocycles. The zero-order valence-corrected chi connectivity index (χ0v) is 31.9. The van der Waals surface area contributed by atoms with E-state index in [0.717, 1.165) is 0 Å². The summed E-state index contributed by atoms with van der Waals surface area (Å²) in [5, 5.41) is 166. The molecule has 0 rings (SSSR count). The van der Waals surface area contributed by atoms with Crippen LogP contribution in [0, 0.1) is 0 Å². The summed E-state index contributed by atoms with van der Waals surface area (Å²) in [7, 11) is 0. The first kappa shape index (κ1) is 53.9. The van der Waals surface area contributed by atoms with Crippen LogP contribution in [0.2, 0.25) is 4.44 Å². The molecule has 18 N–H and O–H groups in total. The predicted octanol–water partition coefficient (Wildman–Crippen LogP) is -4.18. The summed E-state index contributed by atoms with van der Waals surface area (Å²) in [5.74, 6) is -27.9. The van der Waals surface area contributed by atoms with Gasteiger partial charge in [0.2, 0.25) is 34.7 Å². The van der Waals surface area contributed by atoms with Crippen LogP contribution >= 0.6 is 0 Å². The van der Waals surface area contributed by atoms with E-state index >= 15 is 0 Å². The number of hydrogen-bond acceptors (Lipinski definition) is 18. The van der Waals surface area contributed by atoms with Crippen molar-refractivity contribution in [2.75, 3.05) is 0 Å². The van der Waals surface area contributed by atoms with E-state index in [9.17, 15) is 61.3 Å². The van der Waals surface area contributed by atoms with E-state index in [1.807, 2.05) is 0 Å². The molecule has 0 heterocycles. The van der Waals surface area contributed by atoms with Crippen molar-refractivity contribution in [1.29, 1.82) is 0 Å². The first-order valence-corrected chi connectivity index (χ1v) is 17.8. The fourth-order valence-electron chi connectivity index (χ4n) is 3.47. The molecule has 0 aliphatic rings. The fraction of sp³-hybridized carbons (Fsp3) is 1.00. The van der Waals surface area contributed by atoms with Crippen LogP contribution in [0.4, 0.5) is 0 Å². The van der Waals surface area contributed by atoms with Crippen molar-refractivity contribution >= 4 is 22.5 Å². The molecule has 19 heteroatoms. The summed E-state index contributed by atoms with van der Waals surface area (Å²) >= 11 is 1.45. The van der Waals surface area contributed by atoms with Crippen molar-refractivity contribution in [3.8, 4) is 0 Å². The molecule has 2 radical (unpaired) electrons. The Labute approximate surface area is 289 Å². The van der Waals surface area contributed by atoms with Crippen LogP contribution in [-0.2, 0) is 0 Å². The summed E-state index contributed by atoms with van der Waals surface area (Å²) in [6.45, 7) is 10.8. The minimum atomic E-state index is -3.38. The predicted molar refractivity (Wildman–Crippen MR) is 167 cm³/mol. The Morgan fingerprint density at radius 3 is 0.596 bits per heavy atom. The van der Waals surface area contributed by atoms with E-state index in [4.69, 9.17) is 30.6 Å². The molecule has 0 bridgehead atoms. The molecule has 0 aromatic carbocycles. The zero-order chi connectivity index (χ0) is 39.0. The van der Waals surface area contributed by atoms with E-state index < -0.39 is 71.3 Å². The topological polar surface area (TPSA) is 364 Å². The first-order chi connectivity index (χ1) is 20.8. The van der Waals surface area contributed by atoms with Gasteiger partial charge in [0, 0.05) is 38.5 Å². The molecule has 0 saturated carbocycles. The van der Waals surface area contributed by atoms with Crippen molar-refractivity contribution < 1.29 is 91.9 Å². The van der Waals surface area contributed by atoms with E-state index in [0.29, 0.717) is 0 Å². The molecule has 0 aromatic heterocycles. The van der Waals surface area contributed by atoms with Crippen molar-refractivity contribution in [3.63, 3.8) is 0 Å². The maximum absolute atomic E-state index is 9.26. The molecule has 0 aliphatic carbocycles. The summed E-state index contributed by atoms with van der Waals surface area (Å²) in [6.07, 6.45) is 1.05. The quantitative estimate of drug-likeness (QED) is 0.0489. The average Bonchev–Trinajstić information content (AvgIpc) is 2.93. The molecule has 0 spiro atoms. The molecule has 0 amide bonds. The Hall–Kier alpha value is 0.0787. The van der Waals surface area contributed by atoms with Gasteiger partial charge in [0.05, 0.1) is 0 Å². The molecule has 0 atom stereocenters. The maximum atomic E-state index is 9.26. The molecule has 18 nitrogen and oxygen atoms in total. The third-order valence-corrected chi connectivity index (χ3v) is 8.35. The number of unbranched alkanes of at least 4 members (excludes halogenated alkanes) is 1. The zero-order valence-electron chi connectivity index (χ0n) is 28.6. The molecule has 288 valence electrons. The Balaban J connectivity index is -0.000000275. The second-order valence-electron chi connectivity index (χ2n) is 11.4. The van der Waals surface area contributed by atoms with Gasteiger partial charge in [0.15, 0.2) is 0 Å². The van der Waals surface area contributed by atoms with Crippen LogP contribution in [0.15, 0.2) is 0 Å². The normalized spacial score (nSPS) is 13.9. The molecule has 0 unspecified atom stereocenters. The SMILES string of the molecule is CCCC(O)(O)C(O)(O)C(O)(O)CC.CCCC(O)(O)C(O)(O)C(O)(O)CC.CCCC(O)(O)C(O)(O)C(O)(O)CC.CCC[CH2][SnH]. The first-order valence-electron chi connectivity index (χ1n) is 15.5. The number of hydrogen-bond donors (Lipinski definition) is 18. The van der Waals surface area contributed by atoms with Crippen LogP contribution in [0.3, 0.4) is 0 Å². The Morgan fingerprint density at radius 2 is 0.511 bits per heavy atom. The van der Waals surface area contributed by atoms with Crippen LogP contribution < -0.4 is 0 Å². The second kappa shape index (κ2) is 21.4. The summed E-state index contributed by atoms with van der Waals surface area (Å²) in [5.41, 5.74) is 0. The van der Waals surface area contributed by atoms with Crippen LogP contribution in [0.25, 0.3) is 0 Å². The fourth-order valence-corrected chi connectivity index (χ4v) is 4.64. The van der Waals surface area contributed by atoms with Gasteiger partial charge in [-0.25, -0.2) is 0 Å². The molecular formula is C28H64O18Sn. The van der Waals surface area contributed by atoms with Gasteiger partial charge in [-0.05, 0) is 0 Å². The summed E-state index contributed by atoms with van der Waals surface area (Å²) in [4.78, 5) is 0. The van der Waals surface area contributed by atoms with Crippen LogP contribution in [0.1, 0.15) is 119 Å². The van der Waals surface area contributed by atoms with Gasteiger partial charge in [0.25, 0.3) is 17.4 Å². The summed E-state index contributed by atoms with van der Waals surface area (Å²) in [6, 6.07) is 0. The van der Waals surface area contributed by atoms with E-state index in [-0.39, 0.29) is 38.5 Å². The van der Waals surface area contributed by atoms with Crippen LogP contribution in [0.5, 0.6) is 0 Å². The van der Waals surface area contributed by atoms with Crippen molar-refractivity contribution in [2.45, 2.75) is 176 Å². The average molecular weight is 808 g/mol. The van der Waals surface area contributed by atoms with Crippen molar-refractivity contribution in [1.82, 2.24) is 0 Å². The number of rotatable bonds is 17. The molecule has 0 aromatic rings. The van der Waals surface area contributed by atoms with Crippen molar-refractivity contribution in [3.05, 3.63) is 0 Å². The Kier molecular flexibility index (Phi) is 24.6. The Morgan fingerprint density at radius 1 is 0.319 bits per heavy atom. The third kappa shape index (κ3) is 15.1. The van der Waals surface area contributed by atoms with Gasteiger partial charge in [-0.2, -0.15) is 0 Å². The summed E-state index contributed by atoms with van der Waals surface area (Å²) < 4.78 is 1.47. The van der Waals surface area contributed by atoms with E-state index in [2.05, 4.69) is 6.92 Å². The van der Waals surface area contributed by atoms with Gasteiger partial charge in [-0.1, -0.05) is 60.8 Å². The molecule has 0 fully saturated rings. The minimum absolute atomic E-state index is 0.246. The molecule has 47 heavy (non-hydrogen) atoms. The molecule has 0 saturated heterocycles. The van der Waals surface area contributed by atoms with Gasteiger partial charge in [-0.15, -0.1) is 0 Å². The van der Waals surface area contributed by atoms with Gasteiger partial charge >= 0.3 is 46.7 Å². The monoisotopic (exact) mass is 808 g/mol. The molecular weight excluding hydrogens is 743 g/mol. The van der Waals surface area contributed by atoms with E-state index in [1.54, 1.807) is 20.8 Å².